The van der Waals surface area contributed by atoms with Gasteiger partial charge in [0.25, 0.3) is 0 Å². The number of anilines is 2. The summed E-state index contributed by atoms with van der Waals surface area (Å²) in [6.45, 7) is 5.75. The molecule has 2 aromatic rings. The van der Waals surface area contributed by atoms with Crippen LogP contribution in [-0.2, 0) is 0 Å². The van der Waals surface area contributed by atoms with Crippen molar-refractivity contribution in [1.29, 1.82) is 0 Å². The molecule has 3 N–H and O–H groups in total. The Morgan fingerprint density at radius 2 is 2.18 bits per heavy atom. The molecule has 6 nitrogen and oxygen atoms in total. The van der Waals surface area contributed by atoms with Crippen LogP contribution in [0.3, 0.4) is 0 Å². The van der Waals surface area contributed by atoms with Gasteiger partial charge in [-0.15, -0.1) is 0 Å². The van der Waals surface area contributed by atoms with Crippen LogP contribution in [0.2, 0.25) is 0 Å². The third-order valence-corrected chi connectivity index (χ3v) is 4.08. The zero-order chi connectivity index (χ0) is 15.7. The van der Waals surface area contributed by atoms with E-state index < -0.39 is 0 Å². The highest BCUT2D eigenvalue weighted by Crippen LogP contribution is 2.33. The molecule has 1 saturated heterocycles. The van der Waals surface area contributed by atoms with Gasteiger partial charge in [-0.3, -0.25) is 4.68 Å². The number of piperidine rings is 1. The van der Waals surface area contributed by atoms with Gasteiger partial charge in [-0.05, 0) is 26.7 Å². The smallest absolute Gasteiger partial charge is 0.125 e. The number of nitrogens with two attached hydrogens (primary N) is 1. The Labute approximate surface area is 130 Å². The molecule has 6 heteroatoms. The van der Waals surface area contributed by atoms with E-state index in [1.165, 1.54) is 0 Å². The fourth-order valence-corrected chi connectivity index (χ4v) is 2.88. The Balaban J connectivity index is 1.99. The second-order valence-corrected chi connectivity index (χ2v) is 6.17. The van der Waals surface area contributed by atoms with E-state index in [-0.39, 0.29) is 6.10 Å². The van der Waals surface area contributed by atoms with Crippen LogP contribution in [0.15, 0.2) is 24.7 Å². The fourth-order valence-electron chi connectivity index (χ4n) is 2.88. The predicted octanol–water partition coefficient (Wildman–Crippen LogP) is 2.07. The van der Waals surface area contributed by atoms with E-state index in [1.807, 2.05) is 23.1 Å². The van der Waals surface area contributed by atoms with Crippen LogP contribution < -0.4 is 10.6 Å². The SMILES string of the molecule is CC(C)n1cc(-c2cnc(N)cc2N2CCC[C@H](O)C2)cn1. The number of pyridine rings is 1. The van der Waals surface area contributed by atoms with Crippen LogP contribution >= 0.6 is 0 Å². The summed E-state index contributed by atoms with van der Waals surface area (Å²) in [6, 6.07) is 2.20. The summed E-state index contributed by atoms with van der Waals surface area (Å²) in [7, 11) is 0. The van der Waals surface area contributed by atoms with Gasteiger partial charge >= 0.3 is 0 Å². The number of rotatable bonds is 3. The first kappa shape index (κ1) is 14.8. The Morgan fingerprint density at radius 1 is 1.36 bits per heavy atom. The summed E-state index contributed by atoms with van der Waals surface area (Å²) < 4.78 is 1.93. The molecule has 3 heterocycles. The van der Waals surface area contributed by atoms with Crippen molar-refractivity contribution < 1.29 is 5.11 Å². The number of aromatic nitrogens is 3. The maximum atomic E-state index is 9.94. The molecule has 0 saturated carbocycles. The van der Waals surface area contributed by atoms with Gasteiger partial charge in [0, 0.05) is 48.7 Å². The highest BCUT2D eigenvalue weighted by molar-refractivity contribution is 5.79. The molecule has 118 valence electrons. The lowest BCUT2D eigenvalue weighted by Gasteiger charge is -2.33. The zero-order valence-corrected chi connectivity index (χ0v) is 13.1. The van der Waals surface area contributed by atoms with Crippen molar-refractivity contribution in [2.24, 2.45) is 0 Å². The van der Waals surface area contributed by atoms with Crippen LogP contribution in [-0.4, -0.2) is 39.1 Å². The molecule has 0 bridgehead atoms. The van der Waals surface area contributed by atoms with Crippen molar-refractivity contribution in [3.63, 3.8) is 0 Å². The largest absolute Gasteiger partial charge is 0.391 e. The second kappa shape index (κ2) is 5.96. The summed E-state index contributed by atoms with van der Waals surface area (Å²) in [5.74, 6) is 0.495. The Bertz CT molecular complexity index is 652. The van der Waals surface area contributed by atoms with Crippen molar-refractivity contribution in [1.82, 2.24) is 14.8 Å². The number of hydrogen-bond donors (Lipinski definition) is 2. The summed E-state index contributed by atoms with van der Waals surface area (Å²) in [5.41, 5.74) is 8.94. The van der Waals surface area contributed by atoms with E-state index >= 15 is 0 Å². The van der Waals surface area contributed by atoms with Gasteiger partial charge in [0.1, 0.15) is 5.82 Å². The summed E-state index contributed by atoms with van der Waals surface area (Å²) in [5, 5.41) is 14.3. The number of hydrogen-bond acceptors (Lipinski definition) is 5. The number of nitrogen functional groups attached to an aromatic ring is 1. The summed E-state index contributed by atoms with van der Waals surface area (Å²) in [4.78, 5) is 6.42. The van der Waals surface area contributed by atoms with Gasteiger partial charge in [0.2, 0.25) is 0 Å². The Kier molecular flexibility index (Phi) is 4.02. The lowest BCUT2D eigenvalue weighted by molar-refractivity contribution is 0.154. The molecule has 0 spiro atoms. The molecule has 0 aromatic carbocycles. The van der Waals surface area contributed by atoms with Crippen molar-refractivity contribution in [3.8, 4) is 11.1 Å². The molecule has 0 aliphatic carbocycles. The van der Waals surface area contributed by atoms with Crippen molar-refractivity contribution in [2.75, 3.05) is 23.7 Å². The van der Waals surface area contributed by atoms with Crippen molar-refractivity contribution in [3.05, 3.63) is 24.7 Å². The standard InChI is InChI=1S/C16H23N5O/c1-11(2)21-9-12(7-19-21)14-8-18-16(17)6-15(14)20-5-3-4-13(22)10-20/h6-9,11,13,22H,3-5,10H2,1-2H3,(H2,17,18)/t13-/m0/s1. The maximum absolute atomic E-state index is 9.94. The minimum Gasteiger partial charge on any atom is -0.391 e. The number of nitrogens with zero attached hydrogens (tertiary/aromatic N) is 4. The topological polar surface area (TPSA) is 80.2 Å². The lowest BCUT2D eigenvalue weighted by Crippen LogP contribution is -2.38. The first-order valence-electron chi connectivity index (χ1n) is 7.77. The highest BCUT2D eigenvalue weighted by Gasteiger charge is 2.21. The van der Waals surface area contributed by atoms with Gasteiger partial charge in [0.05, 0.1) is 18.0 Å². The number of aliphatic hydroxyl groups is 1. The lowest BCUT2D eigenvalue weighted by atomic mass is 10.0. The molecule has 1 fully saturated rings. The Hall–Kier alpha value is -2.08. The van der Waals surface area contributed by atoms with Crippen LogP contribution in [0, 0.1) is 0 Å². The molecular weight excluding hydrogens is 278 g/mol. The van der Waals surface area contributed by atoms with Crippen molar-refractivity contribution >= 4 is 11.5 Å². The minimum atomic E-state index is -0.283. The summed E-state index contributed by atoms with van der Waals surface area (Å²) in [6.07, 6.45) is 7.24. The molecule has 1 atom stereocenters. The van der Waals surface area contributed by atoms with Crippen molar-refractivity contribution in [2.45, 2.75) is 38.8 Å². The maximum Gasteiger partial charge on any atom is 0.125 e. The molecular formula is C16H23N5O. The average Bonchev–Trinajstić information content (AvgIpc) is 2.97. The predicted molar refractivity (Wildman–Crippen MR) is 87.7 cm³/mol. The van der Waals surface area contributed by atoms with E-state index in [0.717, 1.165) is 36.2 Å². The molecule has 22 heavy (non-hydrogen) atoms. The molecule has 1 aliphatic rings. The van der Waals surface area contributed by atoms with Gasteiger partial charge in [0.15, 0.2) is 0 Å². The summed E-state index contributed by atoms with van der Waals surface area (Å²) >= 11 is 0. The first-order chi connectivity index (χ1) is 10.5. The molecule has 1 aliphatic heterocycles. The highest BCUT2D eigenvalue weighted by atomic mass is 16.3. The minimum absolute atomic E-state index is 0.283. The van der Waals surface area contributed by atoms with E-state index in [4.69, 9.17) is 5.73 Å². The Morgan fingerprint density at radius 3 is 2.86 bits per heavy atom. The normalized spacial score (nSPS) is 18.9. The van der Waals surface area contributed by atoms with Crippen LogP contribution in [0.1, 0.15) is 32.7 Å². The third-order valence-electron chi connectivity index (χ3n) is 4.08. The van der Waals surface area contributed by atoms with Crippen LogP contribution in [0.4, 0.5) is 11.5 Å². The first-order valence-corrected chi connectivity index (χ1v) is 7.77. The van der Waals surface area contributed by atoms with Crippen LogP contribution in [0.25, 0.3) is 11.1 Å². The molecule has 0 radical (unpaired) electrons. The fraction of sp³-hybridized carbons (Fsp3) is 0.500. The molecule has 0 amide bonds. The molecule has 2 aromatic heterocycles. The number of aliphatic hydroxyl groups excluding tert-OH is 1. The van der Waals surface area contributed by atoms with Gasteiger partial charge in [-0.25, -0.2) is 4.98 Å². The van der Waals surface area contributed by atoms with E-state index in [9.17, 15) is 5.11 Å². The van der Waals surface area contributed by atoms with E-state index in [2.05, 4.69) is 28.8 Å². The third kappa shape index (κ3) is 2.92. The quantitative estimate of drug-likeness (QED) is 0.907. The second-order valence-electron chi connectivity index (χ2n) is 6.17. The van der Waals surface area contributed by atoms with E-state index in [0.29, 0.717) is 18.4 Å². The van der Waals surface area contributed by atoms with Gasteiger partial charge < -0.3 is 15.7 Å². The van der Waals surface area contributed by atoms with Gasteiger partial charge in [-0.1, -0.05) is 0 Å². The van der Waals surface area contributed by atoms with Gasteiger partial charge in [-0.2, -0.15) is 5.10 Å². The number of β-amino-alcohol motifs (C(OH)–C–C–N with tert-alkyl or cyclic N) is 1. The zero-order valence-electron chi connectivity index (χ0n) is 13.1. The van der Waals surface area contributed by atoms with E-state index in [1.54, 1.807) is 6.20 Å². The monoisotopic (exact) mass is 301 g/mol. The molecule has 3 rings (SSSR count). The average molecular weight is 301 g/mol. The molecule has 0 unspecified atom stereocenters. The van der Waals surface area contributed by atoms with Crippen LogP contribution in [0.5, 0.6) is 0 Å².